The number of unbranched alkanes of at least 4 members (excludes halogenated alkanes) is 2. The van der Waals surface area contributed by atoms with E-state index >= 15 is 0 Å². The molecule has 2 aromatic rings. The summed E-state index contributed by atoms with van der Waals surface area (Å²) in [5.41, 5.74) is 5.04. The van der Waals surface area contributed by atoms with Crippen LogP contribution in [0.4, 0.5) is 11.4 Å². The zero-order valence-electron chi connectivity index (χ0n) is 31.5. The summed E-state index contributed by atoms with van der Waals surface area (Å²) in [6.07, 6.45) is 15.1. The number of allylic oxidation sites excluding steroid dienone is 8. The fraction of sp³-hybridized carbons (Fsp3) is 0.400. The van der Waals surface area contributed by atoms with E-state index in [2.05, 4.69) is 41.5 Å². The van der Waals surface area contributed by atoms with Crippen LogP contribution in [0.1, 0.15) is 87.7 Å². The van der Waals surface area contributed by atoms with Gasteiger partial charge in [0.15, 0.2) is 5.71 Å². The molecule has 1 saturated heterocycles. The van der Waals surface area contributed by atoms with Gasteiger partial charge in [0.1, 0.15) is 6.54 Å². The Balaban J connectivity index is 1.35. The largest absolute Gasteiger partial charge is 0.363 e. The average Bonchev–Trinajstić information content (AvgIpc) is 3.62. The highest BCUT2D eigenvalue weighted by molar-refractivity contribution is 7.86. The molecule has 3 heterocycles. The predicted molar refractivity (Wildman–Crippen MR) is 209 cm³/mol. The van der Waals surface area contributed by atoms with Gasteiger partial charge in [0.2, 0.25) is 5.69 Å². The molecule has 2 N–H and O–H groups in total. The van der Waals surface area contributed by atoms with Crippen LogP contribution < -0.4 is 4.90 Å². The maximum Gasteiger partial charge on any atom is 0.363 e. The van der Waals surface area contributed by atoms with Gasteiger partial charge >= 0.3 is 5.97 Å². The third kappa shape index (κ3) is 9.76. The van der Waals surface area contributed by atoms with E-state index in [1.54, 1.807) is 18.2 Å². The van der Waals surface area contributed by atoms with Crippen molar-refractivity contribution in [3.63, 3.8) is 0 Å². The lowest BCUT2D eigenvalue weighted by Crippen LogP contribution is -2.32. The maximum absolute atomic E-state index is 13.0. The van der Waals surface area contributed by atoms with Crippen LogP contribution in [0, 0.1) is 0 Å². The summed E-state index contributed by atoms with van der Waals surface area (Å²) >= 11 is 0. The molecule has 0 aromatic heterocycles. The van der Waals surface area contributed by atoms with Crippen LogP contribution in [0.2, 0.25) is 0 Å². The number of carbonyl (C=O) groups excluding carboxylic acids is 3. The van der Waals surface area contributed by atoms with Crippen molar-refractivity contribution in [1.82, 2.24) is 5.06 Å². The first-order valence-corrected chi connectivity index (χ1v) is 21.4. The number of amides is 2. The zero-order chi connectivity index (χ0) is 40.2. The van der Waals surface area contributed by atoms with E-state index in [1.165, 1.54) is 5.56 Å². The highest BCUT2D eigenvalue weighted by Crippen LogP contribution is 2.48. The van der Waals surface area contributed by atoms with Crippen molar-refractivity contribution in [3.8, 4) is 0 Å². The van der Waals surface area contributed by atoms with Crippen molar-refractivity contribution in [2.75, 3.05) is 29.5 Å². The van der Waals surface area contributed by atoms with Crippen molar-refractivity contribution in [2.24, 2.45) is 0 Å². The molecule has 0 atom stereocenters. The molecule has 2 aromatic carbocycles. The highest BCUT2D eigenvalue weighted by atomic mass is 32.2. The molecule has 0 aliphatic carbocycles. The summed E-state index contributed by atoms with van der Waals surface area (Å²) in [5, 5.41) is 0.514. The number of fused-ring (bicyclic) bond motifs is 2. The van der Waals surface area contributed by atoms with Gasteiger partial charge in [-0.25, -0.2) is 4.79 Å². The third-order valence-electron chi connectivity index (χ3n) is 10.1. The summed E-state index contributed by atoms with van der Waals surface area (Å²) in [6, 6.07) is 13.1. The van der Waals surface area contributed by atoms with Crippen LogP contribution in [0.5, 0.6) is 0 Å². The number of carbonyl (C=O) groups is 3. The molecule has 3 aliphatic rings. The van der Waals surface area contributed by atoms with Gasteiger partial charge in [-0.05, 0) is 62.9 Å². The SMILES string of the molecule is CC1(C)C(/C=C/C=C/C=C/C=C2/N(CCCCS(=O)(=O)O)c3ccc(C(=O)ON4C(=O)CCC4=O)cc3C2(C)C)=[N+](CCCCS(=O)(=O)O)c2ccccc21. The minimum atomic E-state index is -4.11. The van der Waals surface area contributed by atoms with Crippen molar-refractivity contribution in [1.29, 1.82) is 0 Å². The Morgan fingerprint density at radius 3 is 2.09 bits per heavy atom. The Bertz CT molecular complexity index is 2220. The second-order valence-corrected chi connectivity index (χ2v) is 18.0. The Morgan fingerprint density at radius 2 is 1.42 bits per heavy atom. The van der Waals surface area contributed by atoms with Gasteiger partial charge in [0, 0.05) is 60.3 Å². The number of rotatable bonds is 16. The van der Waals surface area contributed by atoms with Gasteiger partial charge in [-0.15, -0.1) is 5.06 Å². The van der Waals surface area contributed by atoms with E-state index in [-0.39, 0.29) is 41.7 Å². The summed E-state index contributed by atoms with van der Waals surface area (Å²) in [7, 11) is -8.13. The number of hydrogen-bond acceptors (Lipinski definition) is 9. The number of imide groups is 1. The number of hydrogen-bond donors (Lipinski definition) is 2. The van der Waals surface area contributed by atoms with Crippen LogP contribution in [-0.4, -0.2) is 83.7 Å². The molecular formula is C40H48N3O10S2+. The highest BCUT2D eigenvalue weighted by Gasteiger charge is 2.44. The Labute approximate surface area is 322 Å². The van der Waals surface area contributed by atoms with E-state index in [0.717, 1.165) is 28.3 Å². The van der Waals surface area contributed by atoms with E-state index in [1.807, 2.05) is 62.4 Å². The van der Waals surface area contributed by atoms with Gasteiger partial charge in [-0.2, -0.15) is 21.4 Å². The van der Waals surface area contributed by atoms with Crippen molar-refractivity contribution in [2.45, 2.75) is 77.0 Å². The van der Waals surface area contributed by atoms with E-state index in [9.17, 15) is 35.8 Å². The molecule has 1 fully saturated rings. The summed E-state index contributed by atoms with van der Waals surface area (Å²) in [6.45, 7) is 9.33. The monoisotopic (exact) mass is 794 g/mol. The molecule has 2 amide bonds. The number of para-hydroxylation sites is 1. The Hall–Kier alpha value is -4.70. The smallest absolute Gasteiger partial charge is 0.344 e. The quantitative estimate of drug-likeness (QED) is 0.0673. The third-order valence-corrected chi connectivity index (χ3v) is 11.7. The lowest BCUT2D eigenvalue weighted by atomic mass is 9.81. The molecule has 0 spiro atoms. The van der Waals surface area contributed by atoms with Crippen molar-refractivity contribution < 1.29 is 49.7 Å². The molecule has 0 bridgehead atoms. The first kappa shape index (κ1) is 41.5. The molecule has 0 unspecified atom stereocenters. The van der Waals surface area contributed by atoms with Crippen LogP contribution in [0.25, 0.3) is 0 Å². The molecule has 0 radical (unpaired) electrons. The first-order chi connectivity index (χ1) is 25.8. The summed E-state index contributed by atoms with van der Waals surface area (Å²) < 4.78 is 65.8. The van der Waals surface area contributed by atoms with Crippen LogP contribution in [0.15, 0.2) is 90.7 Å². The minimum Gasteiger partial charge on any atom is -0.344 e. The van der Waals surface area contributed by atoms with Gasteiger partial charge in [-0.3, -0.25) is 18.7 Å². The van der Waals surface area contributed by atoms with Crippen LogP contribution >= 0.6 is 0 Å². The molecule has 3 aliphatic heterocycles. The molecule has 5 rings (SSSR count). The van der Waals surface area contributed by atoms with Crippen molar-refractivity contribution in [3.05, 3.63) is 107 Å². The molecule has 294 valence electrons. The topological polar surface area (TPSA) is 179 Å². The van der Waals surface area contributed by atoms with Gasteiger partial charge in [-0.1, -0.05) is 62.4 Å². The predicted octanol–water partition coefficient (Wildman–Crippen LogP) is 5.97. The number of nitrogens with zero attached hydrogens (tertiary/aromatic N) is 3. The van der Waals surface area contributed by atoms with Gasteiger partial charge in [0.05, 0.1) is 22.5 Å². The first-order valence-electron chi connectivity index (χ1n) is 18.2. The standard InChI is InChI=1S/C40H47N3O10S2/c1-39(2)30-16-10-11-17-32(30)41(24-12-14-26-54(47,48)49)34(39)18-8-6-5-7-9-19-35-40(3,4)31-28-29(38(46)53-43-36(44)22-23-37(43)45)20-21-33(31)42(35)25-13-15-27-55(50,51)52/h5-11,16-21,28H,12-15,22-27H2,1-4H3,(H-,47,48,49,50,51,52)/p+1. The molecular weight excluding hydrogens is 747 g/mol. The van der Waals surface area contributed by atoms with E-state index in [0.29, 0.717) is 37.4 Å². The van der Waals surface area contributed by atoms with E-state index < -0.39 is 43.4 Å². The average molecular weight is 795 g/mol. The molecule has 15 heteroatoms. The van der Waals surface area contributed by atoms with E-state index in [4.69, 9.17) is 9.39 Å². The Morgan fingerprint density at radius 1 is 0.800 bits per heavy atom. The second-order valence-electron chi connectivity index (χ2n) is 14.8. The summed E-state index contributed by atoms with van der Waals surface area (Å²) in [4.78, 5) is 44.3. The Kier molecular flexibility index (Phi) is 12.5. The number of anilines is 1. The van der Waals surface area contributed by atoms with Crippen LogP contribution in [-0.2, 0) is 45.5 Å². The number of hydroxylamine groups is 2. The zero-order valence-corrected chi connectivity index (χ0v) is 33.1. The van der Waals surface area contributed by atoms with Gasteiger partial charge in [0.25, 0.3) is 32.1 Å². The lowest BCUT2D eigenvalue weighted by molar-refractivity contribution is -0.438. The molecule has 13 nitrogen and oxygen atoms in total. The van der Waals surface area contributed by atoms with Gasteiger partial charge < -0.3 is 9.74 Å². The lowest BCUT2D eigenvalue weighted by Gasteiger charge is -2.27. The summed E-state index contributed by atoms with van der Waals surface area (Å²) in [5.74, 6) is -2.62. The van der Waals surface area contributed by atoms with Crippen LogP contribution in [0.3, 0.4) is 0 Å². The second kappa shape index (κ2) is 16.6. The minimum absolute atomic E-state index is 0.0158. The van der Waals surface area contributed by atoms with Crippen molar-refractivity contribution >= 4 is 55.1 Å². The normalized spacial score (nSPS) is 18.8. The fourth-order valence-corrected chi connectivity index (χ4v) is 8.45. The maximum atomic E-state index is 13.0. The molecule has 55 heavy (non-hydrogen) atoms. The molecule has 0 saturated carbocycles. The fourth-order valence-electron chi connectivity index (χ4n) is 7.31. The number of benzene rings is 2.